The van der Waals surface area contributed by atoms with Crippen LogP contribution in [-0.2, 0) is 36.1 Å². The van der Waals surface area contributed by atoms with Crippen LogP contribution in [0.3, 0.4) is 0 Å². The predicted octanol–water partition coefficient (Wildman–Crippen LogP) is -0.781. The van der Waals surface area contributed by atoms with Gasteiger partial charge in [-0.2, -0.15) is 0 Å². The molecule has 23 heavy (non-hydrogen) atoms. The molecule has 0 saturated carbocycles. The van der Waals surface area contributed by atoms with Gasteiger partial charge in [0.1, 0.15) is 18.9 Å². The number of aliphatic hydroxyl groups excluding tert-OH is 1. The zero-order chi connectivity index (χ0) is 18.1. The van der Waals surface area contributed by atoms with Gasteiger partial charge in [0.25, 0.3) is 0 Å². The molecule has 0 bridgehead atoms. The van der Waals surface area contributed by atoms with Crippen LogP contribution >= 0.6 is 21.2 Å². The van der Waals surface area contributed by atoms with Crippen molar-refractivity contribution in [3.63, 3.8) is 0 Å². The van der Waals surface area contributed by atoms with Crippen LogP contribution in [0.5, 0.6) is 0 Å². The summed E-state index contributed by atoms with van der Waals surface area (Å²) < 4.78 is 55.5. The summed E-state index contributed by atoms with van der Waals surface area (Å²) in [6.07, 6.45) is -0.118. The van der Waals surface area contributed by atoms with Gasteiger partial charge >= 0.3 is 11.9 Å². The lowest BCUT2D eigenvalue weighted by Gasteiger charge is -2.07. The molecule has 0 radical (unpaired) electrons. The summed E-state index contributed by atoms with van der Waals surface area (Å²) in [5.41, 5.74) is 0. The van der Waals surface area contributed by atoms with Crippen LogP contribution in [0.1, 0.15) is 6.42 Å². The molecule has 0 spiro atoms. The maximum Gasteiger partial charge on any atom is 0.344 e. The minimum atomic E-state index is -3.84. The molecule has 0 aliphatic heterocycles. The zero-order valence-corrected chi connectivity index (χ0v) is 15.6. The molecule has 0 aromatic heterocycles. The monoisotopic (exact) mass is 485 g/mol. The third kappa shape index (κ3) is 14.4. The van der Waals surface area contributed by atoms with E-state index in [1.165, 1.54) is 21.2 Å². The van der Waals surface area contributed by atoms with Crippen LogP contribution in [0.15, 0.2) is 12.3 Å². The first-order valence-corrected chi connectivity index (χ1v) is 11.8. The Morgan fingerprint density at radius 2 is 1.61 bits per heavy atom. The number of carbonyl (C=O) groups excluding carboxylic acids is 2. The molecule has 0 aromatic carbocycles. The van der Waals surface area contributed by atoms with Gasteiger partial charge in [0, 0.05) is 0 Å². The average molecular weight is 485 g/mol. The van der Waals surface area contributed by atoms with Crippen molar-refractivity contribution in [1.82, 2.24) is 4.72 Å². The van der Waals surface area contributed by atoms with Gasteiger partial charge in [0.2, 0.25) is 17.0 Å². The predicted molar refractivity (Wildman–Crippen MR) is 87.9 cm³/mol. The smallest absolute Gasteiger partial charge is 0.344 e. The number of hydrogen-bond donors (Lipinski definition) is 2. The standard InChI is InChI=1S/C10H16INO9S2/c1-8(13)6-20-10(15)7-21-9(14)5-12-23(18,19)4-2-3-22(11,16)17/h12-13H,1-7H2. The van der Waals surface area contributed by atoms with Gasteiger partial charge in [-0.3, -0.25) is 4.79 Å². The largest absolute Gasteiger partial charge is 0.509 e. The molecule has 13 heteroatoms. The number of hydrogen-bond acceptors (Lipinski definition) is 9. The molecule has 0 unspecified atom stereocenters. The van der Waals surface area contributed by atoms with Crippen LogP contribution in [0.2, 0.25) is 0 Å². The van der Waals surface area contributed by atoms with Gasteiger partial charge in [-0.1, -0.05) is 6.58 Å². The topological polar surface area (TPSA) is 153 Å². The van der Waals surface area contributed by atoms with E-state index in [1.54, 1.807) is 0 Å². The third-order valence-corrected chi connectivity index (χ3v) is 5.50. The highest BCUT2D eigenvalue weighted by molar-refractivity contribution is 14.2. The number of ether oxygens (including phenoxy) is 2. The van der Waals surface area contributed by atoms with Gasteiger partial charge in [0.15, 0.2) is 6.61 Å². The van der Waals surface area contributed by atoms with Gasteiger partial charge in [-0.05, 0) is 6.42 Å². The Kier molecular flexibility index (Phi) is 9.64. The second kappa shape index (κ2) is 10.0. The van der Waals surface area contributed by atoms with Crippen LogP contribution < -0.4 is 4.72 Å². The van der Waals surface area contributed by atoms with Gasteiger partial charge in [-0.15, -0.1) is 0 Å². The highest BCUT2D eigenvalue weighted by Gasteiger charge is 2.16. The molecule has 0 aliphatic rings. The Morgan fingerprint density at radius 3 is 2.13 bits per heavy atom. The minimum absolute atomic E-state index is 0.118. The number of rotatable bonds is 11. The molecule has 0 amide bonds. The summed E-state index contributed by atoms with van der Waals surface area (Å²) in [4.78, 5) is 22.3. The lowest BCUT2D eigenvalue weighted by atomic mass is 10.6. The van der Waals surface area contributed by atoms with Gasteiger partial charge in [-0.25, -0.2) is 26.4 Å². The lowest BCUT2D eigenvalue weighted by molar-refractivity contribution is -0.157. The van der Waals surface area contributed by atoms with E-state index in [4.69, 9.17) is 5.11 Å². The Hall–Kier alpha value is -0.930. The Morgan fingerprint density at radius 1 is 1.04 bits per heavy atom. The van der Waals surface area contributed by atoms with Crippen molar-refractivity contribution in [1.29, 1.82) is 0 Å². The van der Waals surface area contributed by atoms with E-state index in [2.05, 4.69) is 16.1 Å². The van der Waals surface area contributed by atoms with Crippen molar-refractivity contribution >= 4 is 50.2 Å². The fourth-order valence-electron chi connectivity index (χ4n) is 1.06. The first kappa shape index (κ1) is 22.1. The van der Waals surface area contributed by atoms with Crippen LogP contribution in [-0.4, -0.2) is 65.1 Å². The van der Waals surface area contributed by atoms with E-state index in [9.17, 15) is 26.4 Å². The maximum absolute atomic E-state index is 11.5. The molecule has 0 heterocycles. The molecule has 10 nitrogen and oxygen atoms in total. The van der Waals surface area contributed by atoms with Crippen molar-refractivity contribution in [2.75, 3.05) is 31.3 Å². The Bertz CT molecular complexity index is 641. The zero-order valence-electron chi connectivity index (χ0n) is 11.9. The van der Waals surface area contributed by atoms with Gasteiger partial charge in [0.05, 0.1) is 32.7 Å². The van der Waals surface area contributed by atoms with E-state index < -0.39 is 54.5 Å². The minimum Gasteiger partial charge on any atom is -0.509 e. The van der Waals surface area contributed by atoms with Crippen LogP contribution in [0, 0.1) is 0 Å². The molecular formula is C10H16INO9S2. The number of aliphatic hydroxyl groups is 1. The number of nitrogens with one attached hydrogen (secondary N) is 1. The van der Waals surface area contributed by atoms with Crippen molar-refractivity contribution in [2.24, 2.45) is 0 Å². The quantitative estimate of drug-likeness (QED) is 0.166. The summed E-state index contributed by atoms with van der Waals surface area (Å²) in [5, 5.41) is 8.68. The van der Waals surface area contributed by atoms with Crippen molar-refractivity contribution in [2.45, 2.75) is 6.42 Å². The Balaban J connectivity index is 4.03. The number of esters is 2. The molecule has 2 N–H and O–H groups in total. The highest BCUT2D eigenvalue weighted by atomic mass is 127. The third-order valence-electron chi connectivity index (χ3n) is 1.99. The average Bonchev–Trinajstić information content (AvgIpc) is 2.39. The highest BCUT2D eigenvalue weighted by Crippen LogP contribution is 2.04. The first-order chi connectivity index (χ1) is 10.4. The molecular weight excluding hydrogens is 469 g/mol. The van der Waals surface area contributed by atoms with Crippen molar-refractivity contribution in [3.8, 4) is 0 Å². The molecule has 0 atom stereocenters. The van der Waals surface area contributed by atoms with Crippen LogP contribution in [0.25, 0.3) is 0 Å². The SMILES string of the molecule is C=C(O)COC(=O)COC(=O)CNS(=O)(=O)CCCS(=O)(=O)I. The van der Waals surface area contributed by atoms with E-state index in [1.807, 2.05) is 4.72 Å². The molecule has 0 aliphatic carbocycles. The number of carbonyl (C=O) groups is 2. The Labute approximate surface area is 145 Å². The molecule has 0 aromatic rings. The van der Waals surface area contributed by atoms with Crippen molar-refractivity contribution < 1.29 is 41.0 Å². The van der Waals surface area contributed by atoms with E-state index in [0.717, 1.165) is 0 Å². The summed E-state index contributed by atoms with van der Waals surface area (Å²) in [7, 11) is -7.14. The number of halogens is 1. The lowest BCUT2D eigenvalue weighted by Crippen LogP contribution is -2.33. The molecule has 0 fully saturated rings. The van der Waals surface area contributed by atoms with Crippen LogP contribution in [0.4, 0.5) is 0 Å². The molecule has 0 rings (SSSR count). The fraction of sp³-hybridized carbons (Fsp3) is 0.600. The number of sulfonamides is 1. The van der Waals surface area contributed by atoms with Gasteiger partial charge < -0.3 is 14.6 Å². The van der Waals surface area contributed by atoms with Crippen molar-refractivity contribution in [3.05, 3.63) is 12.3 Å². The van der Waals surface area contributed by atoms with E-state index in [0.29, 0.717) is 0 Å². The maximum atomic E-state index is 11.5. The summed E-state index contributed by atoms with van der Waals surface area (Å²) in [6, 6.07) is 0. The van der Waals surface area contributed by atoms with E-state index in [-0.39, 0.29) is 17.9 Å². The second-order valence-electron chi connectivity index (χ2n) is 4.12. The molecule has 134 valence electrons. The van der Waals surface area contributed by atoms with E-state index >= 15 is 0 Å². The summed E-state index contributed by atoms with van der Waals surface area (Å²) in [5.74, 6) is -3.12. The second-order valence-corrected chi connectivity index (χ2v) is 11.6. The fourth-order valence-corrected chi connectivity index (χ4v) is 3.67. The normalized spacial score (nSPS) is 11.7. The summed E-state index contributed by atoms with van der Waals surface area (Å²) in [6.45, 7) is 1.17. The molecule has 0 saturated heterocycles. The first-order valence-electron chi connectivity index (χ1n) is 5.99. The summed E-state index contributed by atoms with van der Waals surface area (Å²) >= 11 is 1.21.